The zero-order valence-electron chi connectivity index (χ0n) is 13.8. The third-order valence-electron chi connectivity index (χ3n) is 4.11. The van der Waals surface area contributed by atoms with E-state index < -0.39 is 0 Å². The van der Waals surface area contributed by atoms with E-state index in [2.05, 4.69) is 16.4 Å². The second-order valence-corrected chi connectivity index (χ2v) is 6.08. The van der Waals surface area contributed by atoms with Crippen LogP contribution in [0.5, 0.6) is 0 Å². The van der Waals surface area contributed by atoms with Gasteiger partial charge in [-0.1, -0.05) is 23.8 Å². The molecule has 0 aliphatic rings. The molecule has 1 aromatic heterocycles. The molecule has 2 aromatic carbocycles. The Morgan fingerprint density at radius 1 is 1.04 bits per heavy atom. The van der Waals surface area contributed by atoms with Gasteiger partial charge in [-0.25, -0.2) is 0 Å². The van der Waals surface area contributed by atoms with Crippen molar-refractivity contribution in [2.75, 3.05) is 6.54 Å². The van der Waals surface area contributed by atoms with Crippen LogP contribution in [0.1, 0.15) is 27.0 Å². The molecule has 4 heteroatoms. The van der Waals surface area contributed by atoms with E-state index in [1.54, 1.807) is 6.92 Å². The van der Waals surface area contributed by atoms with Crippen LogP contribution < -0.4 is 10.9 Å². The third-order valence-corrected chi connectivity index (χ3v) is 4.11. The van der Waals surface area contributed by atoms with Crippen molar-refractivity contribution in [3.63, 3.8) is 0 Å². The zero-order chi connectivity index (χ0) is 17.1. The minimum Gasteiger partial charge on any atom is -0.352 e. The van der Waals surface area contributed by atoms with Crippen LogP contribution in [0.2, 0.25) is 0 Å². The lowest BCUT2D eigenvalue weighted by Gasteiger charge is -2.07. The number of hydrogen-bond acceptors (Lipinski definition) is 2. The summed E-state index contributed by atoms with van der Waals surface area (Å²) in [7, 11) is 0. The fourth-order valence-electron chi connectivity index (χ4n) is 2.65. The molecule has 0 spiro atoms. The van der Waals surface area contributed by atoms with Gasteiger partial charge in [-0.3, -0.25) is 9.59 Å². The maximum absolute atomic E-state index is 12.1. The van der Waals surface area contributed by atoms with E-state index >= 15 is 0 Å². The van der Waals surface area contributed by atoms with Gasteiger partial charge in [0.15, 0.2) is 0 Å². The van der Waals surface area contributed by atoms with Crippen molar-refractivity contribution in [3.05, 3.63) is 81.1 Å². The van der Waals surface area contributed by atoms with E-state index in [-0.39, 0.29) is 11.5 Å². The lowest BCUT2D eigenvalue weighted by molar-refractivity contribution is 0.0954. The topological polar surface area (TPSA) is 62.0 Å². The summed E-state index contributed by atoms with van der Waals surface area (Å²) in [6.07, 6.45) is 0.742. The number of fused-ring (bicyclic) bond motifs is 1. The lowest BCUT2D eigenvalue weighted by Crippen LogP contribution is -2.25. The number of benzene rings is 2. The van der Waals surface area contributed by atoms with Crippen molar-refractivity contribution >= 4 is 16.8 Å². The second kappa shape index (κ2) is 6.71. The number of aromatic amines is 1. The highest BCUT2D eigenvalue weighted by Gasteiger charge is 2.05. The molecule has 0 aliphatic carbocycles. The largest absolute Gasteiger partial charge is 0.352 e. The van der Waals surface area contributed by atoms with Gasteiger partial charge in [0.05, 0.1) is 0 Å². The fraction of sp³-hybridized carbons (Fsp3) is 0.200. The molecule has 24 heavy (non-hydrogen) atoms. The van der Waals surface area contributed by atoms with E-state index in [0.717, 1.165) is 28.5 Å². The Morgan fingerprint density at radius 2 is 1.79 bits per heavy atom. The molecule has 4 nitrogen and oxygen atoms in total. The number of nitrogens with one attached hydrogen (secondary N) is 2. The summed E-state index contributed by atoms with van der Waals surface area (Å²) in [6.45, 7) is 4.36. The Kier molecular flexibility index (Phi) is 4.47. The number of H-pyrrole nitrogens is 1. The van der Waals surface area contributed by atoms with Crippen LogP contribution in [0.4, 0.5) is 0 Å². The van der Waals surface area contributed by atoms with Crippen LogP contribution in [0.25, 0.3) is 10.9 Å². The zero-order valence-corrected chi connectivity index (χ0v) is 13.8. The Labute approximate surface area is 140 Å². The van der Waals surface area contributed by atoms with Gasteiger partial charge < -0.3 is 10.3 Å². The molecule has 0 radical (unpaired) electrons. The maximum Gasteiger partial charge on any atom is 0.251 e. The van der Waals surface area contributed by atoms with Gasteiger partial charge in [-0.15, -0.1) is 0 Å². The predicted octanol–water partition coefficient (Wildman–Crippen LogP) is 3.12. The Hall–Kier alpha value is -2.88. The Bertz CT molecular complexity index is 940. The number of rotatable bonds is 4. The normalized spacial score (nSPS) is 10.8. The van der Waals surface area contributed by atoms with Crippen molar-refractivity contribution in [1.29, 1.82) is 0 Å². The van der Waals surface area contributed by atoms with Gasteiger partial charge in [0, 0.05) is 23.2 Å². The molecule has 0 fully saturated rings. The summed E-state index contributed by atoms with van der Waals surface area (Å²) in [5, 5.41) is 3.95. The maximum atomic E-state index is 12.1. The first-order valence-electron chi connectivity index (χ1n) is 8.00. The first-order valence-corrected chi connectivity index (χ1v) is 8.00. The van der Waals surface area contributed by atoms with Crippen molar-refractivity contribution in [1.82, 2.24) is 10.3 Å². The summed E-state index contributed by atoms with van der Waals surface area (Å²) in [6, 6.07) is 15.4. The Balaban J connectivity index is 1.65. The minimum atomic E-state index is -0.0593. The smallest absolute Gasteiger partial charge is 0.251 e. The molecule has 0 atom stereocenters. The summed E-state index contributed by atoms with van der Waals surface area (Å²) in [5.74, 6) is -0.0593. The lowest BCUT2D eigenvalue weighted by atomic mass is 10.1. The van der Waals surface area contributed by atoms with Crippen molar-refractivity contribution in [3.8, 4) is 0 Å². The van der Waals surface area contributed by atoms with Gasteiger partial charge in [0.25, 0.3) is 11.5 Å². The first kappa shape index (κ1) is 16.0. The van der Waals surface area contributed by atoms with Gasteiger partial charge in [0.2, 0.25) is 0 Å². The van der Waals surface area contributed by atoms with Crippen molar-refractivity contribution < 1.29 is 4.79 Å². The fourth-order valence-corrected chi connectivity index (χ4v) is 2.65. The molecule has 0 bridgehead atoms. The summed E-state index contributed by atoms with van der Waals surface area (Å²) in [5.41, 5.74) is 4.41. The summed E-state index contributed by atoms with van der Waals surface area (Å²) >= 11 is 0. The number of aromatic nitrogens is 1. The quantitative estimate of drug-likeness (QED) is 0.776. The van der Waals surface area contributed by atoms with Gasteiger partial charge >= 0.3 is 0 Å². The molecular weight excluding hydrogens is 300 g/mol. The molecular formula is C20H20N2O2. The van der Waals surface area contributed by atoms with Crippen LogP contribution in [0.15, 0.2) is 53.3 Å². The van der Waals surface area contributed by atoms with Gasteiger partial charge in [-0.05, 0) is 61.5 Å². The highest BCUT2D eigenvalue weighted by Crippen LogP contribution is 2.14. The minimum absolute atomic E-state index is 0.0550. The molecule has 0 saturated heterocycles. The molecule has 0 saturated carbocycles. The molecule has 0 unspecified atom stereocenters. The molecule has 1 heterocycles. The summed E-state index contributed by atoms with van der Waals surface area (Å²) < 4.78 is 0. The third kappa shape index (κ3) is 3.54. The number of amides is 1. The molecule has 3 aromatic rings. The van der Waals surface area contributed by atoms with Crippen LogP contribution >= 0.6 is 0 Å². The van der Waals surface area contributed by atoms with Crippen LogP contribution in [-0.4, -0.2) is 17.4 Å². The van der Waals surface area contributed by atoms with E-state index in [9.17, 15) is 9.59 Å². The molecule has 2 N–H and O–H groups in total. The average molecular weight is 320 g/mol. The average Bonchev–Trinajstić information content (AvgIpc) is 2.56. The van der Waals surface area contributed by atoms with E-state index in [4.69, 9.17) is 0 Å². The SMILES string of the molecule is Cc1ccc(C(=O)NCCc2ccc3[nH]c(=O)c(C)cc3c2)cc1. The number of carbonyl (C=O) groups is 1. The van der Waals surface area contributed by atoms with Crippen molar-refractivity contribution in [2.24, 2.45) is 0 Å². The highest BCUT2D eigenvalue weighted by atomic mass is 16.1. The highest BCUT2D eigenvalue weighted by molar-refractivity contribution is 5.94. The summed E-state index contributed by atoms with van der Waals surface area (Å²) in [4.78, 5) is 26.6. The monoisotopic (exact) mass is 320 g/mol. The van der Waals surface area contributed by atoms with Crippen LogP contribution in [0, 0.1) is 13.8 Å². The standard InChI is InChI=1S/C20H20N2O2/c1-13-3-6-16(7-4-13)20(24)21-10-9-15-5-8-18-17(12-15)11-14(2)19(23)22-18/h3-8,11-12H,9-10H2,1-2H3,(H,21,24)(H,22,23). The number of aryl methyl sites for hydroxylation is 2. The molecule has 3 rings (SSSR count). The van der Waals surface area contributed by atoms with E-state index in [1.165, 1.54) is 0 Å². The second-order valence-electron chi connectivity index (χ2n) is 6.08. The van der Waals surface area contributed by atoms with Gasteiger partial charge in [0.1, 0.15) is 0 Å². The molecule has 122 valence electrons. The molecule has 1 amide bonds. The van der Waals surface area contributed by atoms with Crippen LogP contribution in [0.3, 0.4) is 0 Å². The van der Waals surface area contributed by atoms with Crippen molar-refractivity contribution in [2.45, 2.75) is 20.3 Å². The number of carbonyl (C=O) groups excluding carboxylic acids is 1. The van der Waals surface area contributed by atoms with Gasteiger partial charge in [-0.2, -0.15) is 0 Å². The Morgan fingerprint density at radius 3 is 2.54 bits per heavy atom. The first-order chi connectivity index (χ1) is 11.5. The predicted molar refractivity (Wildman–Crippen MR) is 96.5 cm³/mol. The molecule has 0 aliphatic heterocycles. The number of pyridine rings is 1. The van der Waals surface area contributed by atoms with Crippen LogP contribution in [-0.2, 0) is 6.42 Å². The number of hydrogen-bond donors (Lipinski definition) is 2. The van der Waals surface area contributed by atoms with E-state index in [1.807, 2.05) is 49.4 Å². The van der Waals surface area contributed by atoms with E-state index in [0.29, 0.717) is 17.7 Å².